The fourth-order valence-electron chi connectivity index (χ4n) is 4.70. The number of hydrogen-bond acceptors (Lipinski definition) is 3. The predicted molar refractivity (Wildman–Crippen MR) is 152 cm³/mol. The Balaban J connectivity index is 1.44. The van der Waals surface area contributed by atoms with E-state index >= 15 is 0 Å². The van der Waals surface area contributed by atoms with E-state index < -0.39 is 0 Å². The molecule has 8 heteroatoms. The molecule has 5 rings (SSSR count). The van der Waals surface area contributed by atoms with Crippen molar-refractivity contribution in [1.29, 1.82) is 0 Å². The maximum absolute atomic E-state index is 12.8. The van der Waals surface area contributed by atoms with Gasteiger partial charge in [0.2, 0.25) is 5.91 Å². The van der Waals surface area contributed by atoms with Gasteiger partial charge in [0, 0.05) is 47.5 Å². The summed E-state index contributed by atoms with van der Waals surface area (Å²) >= 11 is 12.1. The second-order valence-corrected chi connectivity index (χ2v) is 10.0. The van der Waals surface area contributed by atoms with Crippen LogP contribution in [0.5, 0.6) is 0 Å². The standard InChI is InChI=1S/C29H28ClN5OS/c1-19-8-10-21(11-9-19)32-26(36)14-17-35-28(27(33-29(35)37)24-6-3-4-15-31-24)25-7-5-16-34(25)22-12-13-23(30)20(2)18-22/h3-13,15-16,18,27-28H,14,17H2,1-2H3,(H,32,36)(H,33,37)/t27-,28-/m1/s1. The third-order valence-electron chi connectivity index (χ3n) is 6.62. The van der Waals surface area contributed by atoms with E-state index in [0.29, 0.717) is 18.1 Å². The molecule has 0 spiro atoms. The number of carbonyl (C=O) groups is 1. The lowest BCUT2D eigenvalue weighted by Crippen LogP contribution is -2.33. The van der Waals surface area contributed by atoms with Crippen molar-refractivity contribution in [2.24, 2.45) is 0 Å². The average Bonchev–Trinajstić information content (AvgIpc) is 3.50. The zero-order valence-electron chi connectivity index (χ0n) is 20.7. The molecule has 1 amide bonds. The van der Waals surface area contributed by atoms with Crippen molar-refractivity contribution in [2.75, 3.05) is 11.9 Å². The van der Waals surface area contributed by atoms with Crippen molar-refractivity contribution >= 4 is 40.5 Å². The van der Waals surface area contributed by atoms with Gasteiger partial charge in [-0.2, -0.15) is 0 Å². The van der Waals surface area contributed by atoms with E-state index in [9.17, 15) is 4.79 Å². The van der Waals surface area contributed by atoms with Gasteiger partial charge in [0.1, 0.15) is 0 Å². The smallest absolute Gasteiger partial charge is 0.226 e. The Morgan fingerprint density at radius 1 is 1.08 bits per heavy atom. The summed E-state index contributed by atoms with van der Waals surface area (Å²) in [4.78, 5) is 19.5. The van der Waals surface area contributed by atoms with Crippen LogP contribution in [0.15, 0.2) is 85.2 Å². The van der Waals surface area contributed by atoms with Gasteiger partial charge in [-0.05, 0) is 86.2 Å². The fraction of sp³-hybridized carbons (Fsp3) is 0.207. The number of nitrogens with one attached hydrogen (secondary N) is 2. The molecule has 2 N–H and O–H groups in total. The number of amides is 1. The Hall–Kier alpha value is -3.68. The zero-order valence-corrected chi connectivity index (χ0v) is 22.3. The van der Waals surface area contributed by atoms with Gasteiger partial charge >= 0.3 is 0 Å². The second kappa shape index (κ2) is 10.7. The maximum atomic E-state index is 12.8. The molecule has 3 heterocycles. The molecule has 37 heavy (non-hydrogen) atoms. The van der Waals surface area contributed by atoms with Crippen LogP contribution in [0.4, 0.5) is 5.69 Å². The molecule has 2 aromatic heterocycles. The highest BCUT2D eigenvalue weighted by molar-refractivity contribution is 7.80. The van der Waals surface area contributed by atoms with Crippen LogP contribution in [0.25, 0.3) is 5.69 Å². The van der Waals surface area contributed by atoms with Gasteiger partial charge in [0.15, 0.2) is 5.11 Å². The van der Waals surface area contributed by atoms with Crippen molar-refractivity contribution in [3.05, 3.63) is 113 Å². The number of pyridine rings is 1. The first-order chi connectivity index (χ1) is 17.9. The van der Waals surface area contributed by atoms with Crippen LogP contribution >= 0.6 is 23.8 Å². The molecule has 6 nitrogen and oxygen atoms in total. The summed E-state index contributed by atoms with van der Waals surface area (Å²) in [5.41, 5.74) is 5.88. The average molecular weight is 530 g/mol. The van der Waals surface area contributed by atoms with E-state index in [1.165, 1.54) is 0 Å². The Morgan fingerprint density at radius 2 is 1.89 bits per heavy atom. The first-order valence-corrected chi connectivity index (χ1v) is 13.0. The number of halogens is 1. The topological polar surface area (TPSA) is 62.2 Å². The minimum absolute atomic E-state index is 0.0598. The number of carbonyl (C=O) groups excluding carboxylic acids is 1. The van der Waals surface area contributed by atoms with Gasteiger partial charge in [-0.3, -0.25) is 9.78 Å². The SMILES string of the molecule is Cc1ccc(NC(=O)CCN2C(=S)N[C@H](c3ccccn3)[C@H]2c2cccn2-c2ccc(Cl)c(C)c2)cc1. The van der Waals surface area contributed by atoms with Gasteiger partial charge in [0.05, 0.1) is 17.8 Å². The first-order valence-electron chi connectivity index (χ1n) is 12.2. The molecule has 1 aliphatic heterocycles. The first kappa shape index (κ1) is 25.0. The highest BCUT2D eigenvalue weighted by Crippen LogP contribution is 2.39. The summed E-state index contributed by atoms with van der Waals surface area (Å²) in [7, 11) is 0. The fourth-order valence-corrected chi connectivity index (χ4v) is 5.15. The van der Waals surface area contributed by atoms with E-state index in [1.807, 2.05) is 80.7 Å². The van der Waals surface area contributed by atoms with Crippen molar-refractivity contribution in [2.45, 2.75) is 32.4 Å². The number of rotatable bonds is 7. The summed E-state index contributed by atoms with van der Waals surface area (Å²) in [5, 5.41) is 7.79. The molecular weight excluding hydrogens is 502 g/mol. The summed E-state index contributed by atoms with van der Waals surface area (Å²) in [6.07, 6.45) is 4.12. The molecule has 188 valence electrons. The van der Waals surface area contributed by atoms with Crippen molar-refractivity contribution < 1.29 is 4.79 Å². The molecule has 1 aliphatic rings. The molecule has 4 aromatic rings. The highest BCUT2D eigenvalue weighted by atomic mass is 35.5. The lowest BCUT2D eigenvalue weighted by atomic mass is 10.0. The van der Waals surface area contributed by atoms with E-state index in [-0.39, 0.29) is 18.0 Å². The van der Waals surface area contributed by atoms with Crippen LogP contribution in [0.3, 0.4) is 0 Å². The monoisotopic (exact) mass is 529 g/mol. The summed E-state index contributed by atoms with van der Waals surface area (Å²) in [5.74, 6) is -0.0598. The summed E-state index contributed by atoms with van der Waals surface area (Å²) in [6.45, 7) is 4.48. The van der Waals surface area contributed by atoms with Gasteiger partial charge in [-0.15, -0.1) is 0 Å². The molecule has 2 atom stereocenters. The van der Waals surface area contributed by atoms with Crippen LogP contribution in [0, 0.1) is 13.8 Å². The summed E-state index contributed by atoms with van der Waals surface area (Å²) < 4.78 is 2.15. The number of benzene rings is 2. The Morgan fingerprint density at radius 3 is 2.62 bits per heavy atom. The Labute approximate surface area is 227 Å². The third kappa shape index (κ3) is 5.38. The predicted octanol–water partition coefficient (Wildman–Crippen LogP) is 6.14. The number of anilines is 1. The number of thiocarbonyl (C=S) groups is 1. The van der Waals surface area contributed by atoms with Crippen molar-refractivity contribution in [3.63, 3.8) is 0 Å². The number of nitrogens with zero attached hydrogens (tertiary/aromatic N) is 3. The molecule has 1 fully saturated rings. The highest BCUT2D eigenvalue weighted by Gasteiger charge is 2.41. The largest absolute Gasteiger partial charge is 0.352 e. The maximum Gasteiger partial charge on any atom is 0.226 e. The molecule has 0 unspecified atom stereocenters. The minimum Gasteiger partial charge on any atom is -0.352 e. The van der Waals surface area contributed by atoms with Crippen LogP contribution < -0.4 is 10.6 Å². The quantitative estimate of drug-likeness (QED) is 0.281. The Kier molecular flexibility index (Phi) is 7.26. The lowest BCUT2D eigenvalue weighted by molar-refractivity contribution is -0.116. The summed E-state index contributed by atoms with van der Waals surface area (Å²) in [6, 6.07) is 23.4. The molecular formula is C29H28ClN5OS. The van der Waals surface area contributed by atoms with Crippen LogP contribution in [-0.2, 0) is 4.79 Å². The lowest BCUT2D eigenvalue weighted by Gasteiger charge is -2.29. The number of hydrogen-bond donors (Lipinski definition) is 2. The van der Waals surface area contributed by atoms with E-state index in [1.54, 1.807) is 6.20 Å². The number of aromatic nitrogens is 2. The van der Waals surface area contributed by atoms with Gasteiger partial charge in [0.25, 0.3) is 0 Å². The van der Waals surface area contributed by atoms with Crippen LogP contribution in [0.1, 0.15) is 41.0 Å². The number of aryl methyl sites for hydroxylation is 2. The third-order valence-corrected chi connectivity index (χ3v) is 7.39. The molecule has 0 radical (unpaired) electrons. The molecule has 1 saturated heterocycles. The molecule has 0 aliphatic carbocycles. The van der Waals surface area contributed by atoms with Gasteiger partial charge < -0.3 is 20.1 Å². The normalized spacial score (nSPS) is 17.1. The van der Waals surface area contributed by atoms with E-state index in [0.717, 1.165) is 38.9 Å². The van der Waals surface area contributed by atoms with Crippen molar-refractivity contribution in [3.8, 4) is 5.69 Å². The van der Waals surface area contributed by atoms with Gasteiger partial charge in [-0.25, -0.2) is 0 Å². The van der Waals surface area contributed by atoms with Crippen LogP contribution in [-0.4, -0.2) is 32.0 Å². The second-order valence-electron chi connectivity index (χ2n) is 9.22. The van der Waals surface area contributed by atoms with E-state index in [2.05, 4.69) is 37.2 Å². The van der Waals surface area contributed by atoms with Crippen LogP contribution in [0.2, 0.25) is 5.02 Å². The van der Waals surface area contributed by atoms with Gasteiger partial charge in [-0.1, -0.05) is 35.4 Å². The van der Waals surface area contributed by atoms with Crippen molar-refractivity contribution in [1.82, 2.24) is 19.8 Å². The molecule has 0 bridgehead atoms. The molecule has 0 saturated carbocycles. The molecule has 2 aromatic carbocycles. The Bertz CT molecular complexity index is 1420. The minimum atomic E-state index is -0.170. The van der Waals surface area contributed by atoms with E-state index in [4.69, 9.17) is 23.8 Å². The zero-order chi connectivity index (χ0) is 25.9.